The van der Waals surface area contributed by atoms with Crippen LogP contribution < -0.4 is 19.3 Å². The van der Waals surface area contributed by atoms with E-state index in [0.717, 1.165) is 0 Å². The van der Waals surface area contributed by atoms with Crippen LogP contribution in [-0.4, -0.2) is 34.2 Å². The number of carbonyl (C=O) groups is 1. The van der Waals surface area contributed by atoms with Crippen molar-refractivity contribution in [2.45, 2.75) is 25.4 Å². The van der Waals surface area contributed by atoms with Gasteiger partial charge in [-0.15, -0.1) is 0 Å². The predicted octanol–water partition coefficient (Wildman–Crippen LogP) is 4.72. The highest BCUT2D eigenvalue weighted by atomic mass is 32.2. The Morgan fingerprint density at radius 2 is 1.92 bits per heavy atom. The van der Waals surface area contributed by atoms with Crippen molar-refractivity contribution < 1.29 is 40.9 Å². The largest absolute Gasteiger partial charge is 0.490 e. The molecule has 0 aliphatic carbocycles. The molecule has 1 atom stereocenters. The maximum atomic E-state index is 13.1. The average Bonchev–Trinajstić information content (AvgIpc) is 2.85. The Morgan fingerprint density at radius 1 is 1.13 bits per heavy atom. The fourth-order valence-corrected chi connectivity index (χ4v) is 4.78. The van der Waals surface area contributed by atoms with E-state index in [1.807, 2.05) is 0 Å². The van der Waals surface area contributed by atoms with Gasteiger partial charge in [0.15, 0.2) is 0 Å². The molecule has 0 amide bonds. The molecule has 0 bridgehead atoms. The van der Waals surface area contributed by atoms with Crippen LogP contribution in [0.25, 0.3) is 11.1 Å². The number of carbonyl (C=O) groups excluding carboxylic acids is 1. The maximum Gasteiger partial charge on any atom is 0.387 e. The van der Waals surface area contributed by atoms with E-state index in [2.05, 4.69) is 0 Å². The van der Waals surface area contributed by atoms with Crippen LogP contribution in [0.5, 0.6) is 17.2 Å². The molecule has 0 saturated carbocycles. The normalized spacial score (nSPS) is 14.5. The fourth-order valence-electron chi connectivity index (χ4n) is 4.13. The minimum atomic E-state index is -3.82. The van der Waals surface area contributed by atoms with E-state index in [4.69, 9.17) is 24.1 Å². The SMILES string of the molecule is CCOC(=O)/C=C/COc1cccc(C2Oc3cccc(OC(F)F)c3-c3ccc(CS(N)(=O)=O)cc32)c1. The van der Waals surface area contributed by atoms with Gasteiger partial charge in [-0.2, -0.15) is 8.78 Å². The van der Waals surface area contributed by atoms with E-state index in [1.54, 1.807) is 61.5 Å². The Bertz CT molecular complexity index is 1460. The summed E-state index contributed by atoms with van der Waals surface area (Å²) in [5.41, 5.74) is 2.50. The first-order valence-corrected chi connectivity index (χ1v) is 13.3. The van der Waals surface area contributed by atoms with Crippen LogP contribution in [-0.2, 0) is 25.3 Å². The van der Waals surface area contributed by atoms with Gasteiger partial charge in [0.25, 0.3) is 0 Å². The summed E-state index contributed by atoms with van der Waals surface area (Å²) < 4.78 is 71.3. The molecule has 38 heavy (non-hydrogen) atoms. The van der Waals surface area contributed by atoms with Crippen molar-refractivity contribution in [2.24, 2.45) is 5.14 Å². The standard InChI is InChI=1S/C27H25F2NO7S/c1-2-34-24(31)10-5-13-35-19-7-3-6-18(15-19)26-21-14-17(16-38(30,32)33)11-12-20(21)25-22(36-26)8-4-9-23(25)37-27(28)29/h3-12,14-15,26-27H,2,13,16H2,1H3,(H2,30,32,33)/b10-5+. The van der Waals surface area contributed by atoms with E-state index in [9.17, 15) is 22.0 Å². The number of hydrogen-bond donors (Lipinski definition) is 1. The summed E-state index contributed by atoms with van der Waals surface area (Å²) in [5, 5.41) is 5.24. The van der Waals surface area contributed by atoms with Crippen LogP contribution in [0.4, 0.5) is 8.78 Å². The van der Waals surface area contributed by atoms with Crippen molar-refractivity contribution in [3.8, 4) is 28.4 Å². The molecular weight excluding hydrogens is 520 g/mol. The Morgan fingerprint density at radius 3 is 2.66 bits per heavy atom. The first kappa shape index (κ1) is 27.1. The number of ether oxygens (including phenoxy) is 4. The molecule has 1 heterocycles. The summed E-state index contributed by atoms with van der Waals surface area (Å²) in [6.45, 7) is -0.953. The molecule has 1 aliphatic heterocycles. The summed E-state index contributed by atoms with van der Waals surface area (Å²) in [4.78, 5) is 11.5. The molecule has 0 radical (unpaired) electrons. The zero-order chi connectivity index (χ0) is 27.3. The Balaban J connectivity index is 1.71. The number of primary sulfonamides is 1. The molecule has 0 aromatic heterocycles. The highest BCUT2D eigenvalue weighted by molar-refractivity contribution is 7.88. The van der Waals surface area contributed by atoms with Gasteiger partial charge in [-0.05, 0) is 48.4 Å². The number of benzene rings is 3. The molecule has 200 valence electrons. The van der Waals surface area contributed by atoms with Crippen molar-refractivity contribution in [1.82, 2.24) is 0 Å². The van der Waals surface area contributed by atoms with Crippen molar-refractivity contribution in [1.29, 1.82) is 0 Å². The number of nitrogens with two attached hydrogens (primary N) is 1. The highest BCUT2D eigenvalue weighted by Gasteiger charge is 2.31. The zero-order valence-corrected chi connectivity index (χ0v) is 21.1. The second-order valence-corrected chi connectivity index (χ2v) is 9.89. The lowest BCUT2D eigenvalue weighted by Crippen LogP contribution is -2.18. The Kier molecular flexibility index (Phi) is 8.28. The van der Waals surface area contributed by atoms with Gasteiger partial charge in [0.05, 0.1) is 17.9 Å². The molecule has 4 rings (SSSR count). The molecule has 1 unspecified atom stereocenters. The van der Waals surface area contributed by atoms with Crippen LogP contribution in [0.3, 0.4) is 0 Å². The monoisotopic (exact) mass is 545 g/mol. The summed E-state index contributed by atoms with van der Waals surface area (Å²) in [6.07, 6.45) is 2.08. The molecule has 11 heteroatoms. The molecule has 2 N–H and O–H groups in total. The molecule has 3 aromatic carbocycles. The van der Waals surface area contributed by atoms with Gasteiger partial charge in [0.2, 0.25) is 10.0 Å². The Labute approximate surface area is 218 Å². The minimum absolute atomic E-state index is 0.0677. The first-order valence-electron chi connectivity index (χ1n) is 11.6. The number of sulfonamides is 1. The van der Waals surface area contributed by atoms with E-state index < -0.39 is 34.5 Å². The average molecular weight is 546 g/mol. The van der Waals surface area contributed by atoms with Gasteiger partial charge >= 0.3 is 12.6 Å². The molecular formula is C27H25F2NO7S. The third kappa shape index (κ3) is 6.67. The van der Waals surface area contributed by atoms with Gasteiger partial charge in [0, 0.05) is 17.2 Å². The van der Waals surface area contributed by atoms with Gasteiger partial charge < -0.3 is 18.9 Å². The second kappa shape index (κ2) is 11.6. The van der Waals surface area contributed by atoms with Crippen molar-refractivity contribution in [3.63, 3.8) is 0 Å². The number of halogens is 2. The van der Waals surface area contributed by atoms with Gasteiger partial charge in [-0.1, -0.05) is 36.4 Å². The second-order valence-electron chi connectivity index (χ2n) is 8.27. The molecule has 3 aromatic rings. The first-order chi connectivity index (χ1) is 18.1. The van der Waals surface area contributed by atoms with E-state index in [-0.39, 0.29) is 19.0 Å². The van der Waals surface area contributed by atoms with E-state index in [1.165, 1.54) is 18.2 Å². The number of rotatable bonds is 10. The number of hydrogen-bond acceptors (Lipinski definition) is 7. The molecule has 0 saturated heterocycles. The van der Waals surface area contributed by atoms with Crippen LogP contribution in [0.15, 0.2) is 72.8 Å². The quantitative estimate of drug-likeness (QED) is 0.290. The number of esters is 1. The summed E-state index contributed by atoms with van der Waals surface area (Å²) >= 11 is 0. The van der Waals surface area contributed by atoms with Crippen LogP contribution >= 0.6 is 0 Å². The fraction of sp³-hybridized carbons (Fsp3) is 0.222. The predicted molar refractivity (Wildman–Crippen MR) is 136 cm³/mol. The summed E-state index contributed by atoms with van der Waals surface area (Å²) in [5.74, 6) is -0.139. The molecule has 1 aliphatic rings. The van der Waals surface area contributed by atoms with Crippen molar-refractivity contribution in [3.05, 3.63) is 89.5 Å². The summed E-state index contributed by atoms with van der Waals surface area (Å²) in [7, 11) is -3.82. The lowest BCUT2D eigenvalue weighted by atomic mass is 9.88. The molecule has 0 fully saturated rings. The third-order valence-electron chi connectivity index (χ3n) is 5.53. The van der Waals surface area contributed by atoms with Crippen molar-refractivity contribution in [2.75, 3.05) is 13.2 Å². The minimum Gasteiger partial charge on any atom is -0.490 e. The van der Waals surface area contributed by atoms with E-state index in [0.29, 0.717) is 39.3 Å². The van der Waals surface area contributed by atoms with Crippen LogP contribution in [0.1, 0.15) is 29.7 Å². The van der Waals surface area contributed by atoms with Gasteiger partial charge in [-0.25, -0.2) is 18.4 Å². The van der Waals surface area contributed by atoms with Crippen LogP contribution in [0, 0.1) is 0 Å². The van der Waals surface area contributed by atoms with Crippen LogP contribution in [0.2, 0.25) is 0 Å². The summed E-state index contributed by atoms with van der Waals surface area (Å²) in [6, 6.07) is 16.5. The highest BCUT2D eigenvalue weighted by Crippen LogP contribution is 2.49. The molecule has 8 nitrogen and oxygen atoms in total. The number of fused-ring (bicyclic) bond motifs is 3. The smallest absolute Gasteiger partial charge is 0.387 e. The van der Waals surface area contributed by atoms with Crippen molar-refractivity contribution >= 4 is 16.0 Å². The Hall–Kier alpha value is -3.96. The zero-order valence-electron chi connectivity index (χ0n) is 20.3. The molecule has 0 spiro atoms. The van der Waals surface area contributed by atoms with E-state index >= 15 is 0 Å². The lowest BCUT2D eigenvalue weighted by molar-refractivity contribution is -0.137. The third-order valence-corrected chi connectivity index (χ3v) is 6.27. The van der Waals surface area contributed by atoms with Gasteiger partial charge in [0.1, 0.15) is 30.0 Å². The number of alkyl halides is 2. The van der Waals surface area contributed by atoms with Gasteiger partial charge in [-0.3, -0.25) is 0 Å². The maximum absolute atomic E-state index is 13.1. The topological polar surface area (TPSA) is 114 Å². The lowest BCUT2D eigenvalue weighted by Gasteiger charge is -2.31.